The van der Waals surface area contributed by atoms with Crippen LogP contribution in [0.25, 0.3) is 10.8 Å². The van der Waals surface area contributed by atoms with Gasteiger partial charge in [0.15, 0.2) is 0 Å². The first kappa shape index (κ1) is 16.8. The number of hydrogen-bond donors (Lipinski definition) is 1. The van der Waals surface area contributed by atoms with E-state index in [0.29, 0.717) is 25.3 Å². The minimum Gasteiger partial charge on any atom is -0.481 e. The molecule has 0 saturated carbocycles. The highest BCUT2D eigenvalue weighted by atomic mass is 32.2. The van der Waals surface area contributed by atoms with E-state index in [1.165, 1.54) is 22.5 Å². The van der Waals surface area contributed by atoms with Gasteiger partial charge in [0.1, 0.15) is 0 Å². The number of aliphatic carboxylic acids is 1. The number of carboxylic acids is 1. The summed E-state index contributed by atoms with van der Waals surface area (Å²) in [7, 11) is 0. The van der Waals surface area contributed by atoms with E-state index in [4.69, 9.17) is 5.11 Å². The zero-order valence-corrected chi connectivity index (χ0v) is 14.5. The highest BCUT2D eigenvalue weighted by Gasteiger charge is 2.32. The number of benzene rings is 2. The molecular weight excluding hydrogens is 322 g/mol. The van der Waals surface area contributed by atoms with Crippen LogP contribution in [0, 0.1) is 11.8 Å². The van der Waals surface area contributed by atoms with Crippen molar-refractivity contribution in [2.75, 3.05) is 18.8 Å². The molecule has 1 amide bonds. The first-order valence-corrected chi connectivity index (χ1v) is 9.15. The Kier molecular flexibility index (Phi) is 5.09. The van der Waals surface area contributed by atoms with Crippen LogP contribution in [-0.2, 0) is 9.59 Å². The summed E-state index contributed by atoms with van der Waals surface area (Å²) in [5.74, 6) is -0.597. The van der Waals surface area contributed by atoms with Crippen LogP contribution in [0.3, 0.4) is 0 Å². The number of piperidine rings is 1. The molecule has 5 heteroatoms. The van der Waals surface area contributed by atoms with Crippen molar-refractivity contribution >= 4 is 34.4 Å². The van der Waals surface area contributed by atoms with E-state index in [2.05, 4.69) is 24.3 Å². The topological polar surface area (TPSA) is 57.6 Å². The Bertz CT molecular complexity index is 761. The van der Waals surface area contributed by atoms with Gasteiger partial charge in [0, 0.05) is 18.0 Å². The number of likely N-dealkylation sites (tertiary alicyclic amines) is 1. The Morgan fingerprint density at radius 1 is 1.21 bits per heavy atom. The Morgan fingerprint density at radius 3 is 2.67 bits per heavy atom. The molecule has 126 valence electrons. The second-order valence-electron chi connectivity index (χ2n) is 6.35. The van der Waals surface area contributed by atoms with Gasteiger partial charge in [0.25, 0.3) is 0 Å². The van der Waals surface area contributed by atoms with E-state index in [9.17, 15) is 9.59 Å². The zero-order valence-electron chi connectivity index (χ0n) is 13.6. The molecule has 1 saturated heterocycles. The van der Waals surface area contributed by atoms with Crippen LogP contribution in [0.1, 0.15) is 13.3 Å². The van der Waals surface area contributed by atoms with E-state index in [1.807, 2.05) is 25.1 Å². The highest BCUT2D eigenvalue weighted by molar-refractivity contribution is 8.00. The number of amides is 1. The lowest BCUT2D eigenvalue weighted by atomic mass is 9.87. The van der Waals surface area contributed by atoms with Crippen LogP contribution < -0.4 is 0 Å². The van der Waals surface area contributed by atoms with Gasteiger partial charge in [-0.1, -0.05) is 37.3 Å². The maximum absolute atomic E-state index is 12.4. The number of fused-ring (bicyclic) bond motifs is 1. The molecule has 1 N–H and O–H groups in total. The van der Waals surface area contributed by atoms with Gasteiger partial charge in [0.05, 0.1) is 11.7 Å². The molecule has 2 aromatic rings. The molecule has 0 aliphatic carbocycles. The van der Waals surface area contributed by atoms with Crippen molar-refractivity contribution in [1.82, 2.24) is 4.90 Å². The van der Waals surface area contributed by atoms with Crippen molar-refractivity contribution in [2.45, 2.75) is 18.2 Å². The molecule has 1 aliphatic rings. The van der Waals surface area contributed by atoms with Crippen LogP contribution >= 0.6 is 11.8 Å². The van der Waals surface area contributed by atoms with Crippen molar-refractivity contribution in [3.63, 3.8) is 0 Å². The minimum absolute atomic E-state index is 0.00543. The maximum atomic E-state index is 12.4. The number of nitrogens with zero attached hydrogens (tertiary/aromatic N) is 1. The molecule has 2 atom stereocenters. The Balaban J connectivity index is 1.58. The fourth-order valence-electron chi connectivity index (χ4n) is 3.23. The zero-order chi connectivity index (χ0) is 17.1. The first-order chi connectivity index (χ1) is 11.5. The van der Waals surface area contributed by atoms with E-state index in [-0.39, 0.29) is 17.7 Å². The van der Waals surface area contributed by atoms with Crippen LogP contribution in [-0.4, -0.2) is 40.7 Å². The molecule has 4 nitrogen and oxygen atoms in total. The van der Waals surface area contributed by atoms with Gasteiger partial charge in [-0.05, 0) is 35.2 Å². The van der Waals surface area contributed by atoms with Crippen molar-refractivity contribution in [1.29, 1.82) is 0 Å². The monoisotopic (exact) mass is 343 g/mol. The molecule has 1 heterocycles. The van der Waals surface area contributed by atoms with Gasteiger partial charge in [0.2, 0.25) is 5.91 Å². The summed E-state index contributed by atoms with van der Waals surface area (Å²) in [4.78, 5) is 26.4. The molecule has 1 fully saturated rings. The minimum atomic E-state index is -0.750. The largest absolute Gasteiger partial charge is 0.481 e. The molecule has 24 heavy (non-hydrogen) atoms. The van der Waals surface area contributed by atoms with Crippen molar-refractivity contribution < 1.29 is 14.7 Å². The van der Waals surface area contributed by atoms with Crippen molar-refractivity contribution in [3.8, 4) is 0 Å². The SMILES string of the molecule is CC1CN(C(=O)CSc2ccc3ccccc3c2)CCC1C(=O)O. The van der Waals surface area contributed by atoms with Gasteiger partial charge in [-0.3, -0.25) is 9.59 Å². The average Bonchev–Trinajstić information content (AvgIpc) is 2.59. The Labute approximate surface area is 145 Å². The fraction of sp³-hybridized carbons (Fsp3) is 0.368. The molecule has 0 aromatic heterocycles. The van der Waals surface area contributed by atoms with Gasteiger partial charge < -0.3 is 10.0 Å². The van der Waals surface area contributed by atoms with Crippen LogP contribution in [0.2, 0.25) is 0 Å². The molecule has 0 spiro atoms. The third-order valence-electron chi connectivity index (χ3n) is 4.66. The number of thioether (sulfide) groups is 1. The molecular formula is C19H21NO3S. The van der Waals surface area contributed by atoms with E-state index < -0.39 is 5.97 Å². The Hall–Kier alpha value is -2.01. The number of carbonyl (C=O) groups is 2. The van der Waals surface area contributed by atoms with Gasteiger partial charge in [-0.2, -0.15) is 0 Å². The molecule has 2 unspecified atom stereocenters. The summed E-state index contributed by atoms with van der Waals surface area (Å²) >= 11 is 1.54. The molecule has 1 aliphatic heterocycles. The second-order valence-corrected chi connectivity index (χ2v) is 7.40. The predicted molar refractivity (Wildman–Crippen MR) is 96.2 cm³/mol. The average molecular weight is 343 g/mol. The highest BCUT2D eigenvalue weighted by Crippen LogP contribution is 2.26. The second kappa shape index (κ2) is 7.26. The maximum Gasteiger partial charge on any atom is 0.306 e. The number of carboxylic acid groups (broad SMARTS) is 1. The summed E-state index contributed by atoms with van der Waals surface area (Å²) in [6.07, 6.45) is 0.545. The van der Waals surface area contributed by atoms with E-state index in [1.54, 1.807) is 4.90 Å². The van der Waals surface area contributed by atoms with Gasteiger partial charge in [-0.15, -0.1) is 11.8 Å². The lowest BCUT2D eigenvalue weighted by Gasteiger charge is -2.34. The fourth-order valence-corrected chi connectivity index (χ4v) is 4.08. The van der Waals surface area contributed by atoms with Crippen LogP contribution in [0.5, 0.6) is 0 Å². The number of hydrogen-bond acceptors (Lipinski definition) is 3. The normalized spacial score (nSPS) is 21.0. The molecule has 3 rings (SSSR count). The lowest BCUT2D eigenvalue weighted by Crippen LogP contribution is -2.45. The predicted octanol–water partition coefficient (Wildman–Crippen LogP) is 3.50. The smallest absolute Gasteiger partial charge is 0.306 e. The van der Waals surface area contributed by atoms with E-state index in [0.717, 1.165) is 4.90 Å². The summed E-state index contributed by atoms with van der Waals surface area (Å²) in [5, 5.41) is 11.5. The van der Waals surface area contributed by atoms with Crippen LogP contribution in [0.4, 0.5) is 0 Å². The molecule has 0 radical (unpaired) electrons. The standard InChI is InChI=1S/C19H21NO3S/c1-13-11-20(9-8-17(13)19(22)23)18(21)12-24-16-7-6-14-4-2-3-5-15(14)10-16/h2-7,10,13,17H,8-9,11-12H2,1H3,(H,22,23). The van der Waals surface area contributed by atoms with Crippen molar-refractivity contribution in [2.24, 2.45) is 11.8 Å². The summed E-state index contributed by atoms with van der Waals surface area (Å²) in [5.41, 5.74) is 0. The molecule has 2 aromatic carbocycles. The van der Waals surface area contributed by atoms with E-state index >= 15 is 0 Å². The molecule has 0 bridgehead atoms. The quantitative estimate of drug-likeness (QED) is 0.863. The third kappa shape index (κ3) is 3.73. The Morgan fingerprint density at radius 2 is 1.96 bits per heavy atom. The summed E-state index contributed by atoms with van der Waals surface area (Å²) in [6.45, 7) is 2.99. The summed E-state index contributed by atoms with van der Waals surface area (Å²) in [6, 6.07) is 14.4. The first-order valence-electron chi connectivity index (χ1n) is 8.17. The summed E-state index contributed by atoms with van der Waals surface area (Å²) < 4.78 is 0. The van der Waals surface area contributed by atoms with Gasteiger partial charge >= 0.3 is 5.97 Å². The van der Waals surface area contributed by atoms with Gasteiger partial charge in [-0.25, -0.2) is 0 Å². The number of rotatable bonds is 4. The third-order valence-corrected chi connectivity index (χ3v) is 5.64. The lowest BCUT2D eigenvalue weighted by molar-refractivity contribution is -0.147. The van der Waals surface area contributed by atoms with Crippen molar-refractivity contribution in [3.05, 3.63) is 42.5 Å². The number of carbonyl (C=O) groups excluding carboxylic acids is 1. The van der Waals surface area contributed by atoms with Crippen LogP contribution in [0.15, 0.2) is 47.4 Å².